The molecule has 0 bridgehead atoms. The van der Waals surface area contributed by atoms with E-state index in [1.165, 1.54) is 49.9 Å². The molecular formula is C27H32ClF2N4O4S+. The van der Waals surface area contributed by atoms with Crippen molar-refractivity contribution in [3.05, 3.63) is 89.0 Å². The summed E-state index contributed by atoms with van der Waals surface area (Å²) in [5.41, 5.74) is 2.81. The van der Waals surface area contributed by atoms with Gasteiger partial charge in [-0.15, -0.1) is 0 Å². The standard InChI is InChI=1S/C25H26ClF2N4O4S.C2H6/c1-5-7-17(25(33)36-4)20-11-8-15(14-31(20)6-2)22-18(27)9-10-19(23(22)28)30-32(34,37)21-12-16(26)13-29-24(21)35-3;1-2/h6,8-14,30,34,37H,2,5,7H2,1,3-4H3;1-2H3/q+1;/b20-17+;. The summed E-state index contributed by atoms with van der Waals surface area (Å²) in [7, 11) is 2.61. The van der Waals surface area contributed by atoms with E-state index in [1.807, 2.05) is 20.8 Å². The third kappa shape index (κ3) is 7.18. The second-order valence-electron chi connectivity index (χ2n) is 7.79. The third-order valence-electron chi connectivity index (χ3n) is 5.40. The van der Waals surface area contributed by atoms with Crippen molar-refractivity contribution in [3.8, 4) is 5.88 Å². The van der Waals surface area contributed by atoms with Crippen LogP contribution in [0.2, 0.25) is 5.02 Å². The number of carbonyl (C=O) groups excluding carboxylic acids is 1. The Bertz CT molecular complexity index is 1310. The van der Waals surface area contributed by atoms with Crippen molar-refractivity contribution < 1.29 is 28.3 Å². The number of esters is 1. The Morgan fingerprint density at radius 2 is 2.00 bits per heavy atom. The normalized spacial score (nSPS) is 15.3. The first-order valence-corrected chi connectivity index (χ1v) is 12.8. The van der Waals surface area contributed by atoms with Gasteiger partial charge in [-0.05, 0) is 24.6 Å². The summed E-state index contributed by atoms with van der Waals surface area (Å²) in [4.78, 5) is 17.8. The monoisotopic (exact) mass is 581 g/mol. The fourth-order valence-electron chi connectivity index (χ4n) is 3.71. The van der Waals surface area contributed by atoms with Gasteiger partial charge in [0.15, 0.2) is 5.82 Å². The van der Waals surface area contributed by atoms with Crippen LogP contribution in [0.4, 0.5) is 20.2 Å². The molecule has 12 heteroatoms. The molecule has 2 heterocycles. The van der Waals surface area contributed by atoms with E-state index in [-0.39, 0.29) is 33.4 Å². The first-order valence-electron chi connectivity index (χ1n) is 12.0. The Morgan fingerprint density at radius 1 is 1.31 bits per heavy atom. The largest absolute Gasteiger partial charge is 0.477 e. The number of hydrogen-bond donors (Lipinski definition) is 3. The van der Waals surface area contributed by atoms with Crippen LogP contribution in [0.5, 0.6) is 5.88 Å². The van der Waals surface area contributed by atoms with Crippen LogP contribution in [0.15, 0.2) is 66.8 Å². The van der Waals surface area contributed by atoms with E-state index in [9.17, 15) is 14.4 Å². The van der Waals surface area contributed by atoms with E-state index in [2.05, 4.69) is 29.8 Å². The van der Waals surface area contributed by atoms with Crippen molar-refractivity contribution in [2.75, 3.05) is 19.6 Å². The molecule has 0 radical (unpaired) electrons. The number of benzene rings is 1. The quantitative estimate of drug-likeness (QED) is 0.0949. The summed E-state index contributed by atoms with van der Waals surface area (Å²) < 4.78 is 39.2. The number of aromatic nitrogens is 1. The number of nitrogens with one attached hydrogen (secondary N) is 1. The van der Waals surface area contributed by atoms with Crippen LogP contribution in [0.25, 0.3) is 5.57 Å². The summed E-state index contributed by atoms with van der Waals surface area (Å²) in [6, 6.07) is 3.47. The van der Waals surface area contributed by atoms with E-state index >= 15 is 4.39 Å². The zero-order valence-electron chi connectivity index (χ0n) is 22.3. The predicted molar refractivity (Wildman–Crippen MR) is 153 cm³/mol. The summed E-state index contributed by atoms with van der Waals surface area (Å²) in [5.74, 6) is -2.39. The van der Waals surface area contributed by atoms with Crippen molar-refractivity contribution in [3.63, 3.8) is 0 Å². The minimum absolute atomic E-state index is 0.0236. The molecule has 8 nitrogen and oxygen atoms in total. The molecule has 2 N–H and O–H groups in total. The lowest BCUT2D eigenvalue weighted by atomic mass is 9.99. The predicted octanol–water partition coefficient (Wildman–Crippen LogP) is 7.20. The number of ether oxygens (including phenoxy) is 2. The molecule has 0 aliphatic carbocycles. The molecule has 210 valence electrons. The Kier molecular flexibility index (Phi) is 11.5. The van der Waals surface area contributed by atoms with E-state index in [0.29, 0.717) is 24.1 Å². The molecule has 0 spiro atoms. The summed E-state index contributed by atoms with van der Waals surface area (Å²) in [6.45, 7) is 9.66. The summed E-state index contributed by atoms with van der Waals surface area (Å²) >= 11 is 10.1. The molecule has 0 saturated heterocycles. The van der Waals surface area contributed by atoms with Crippen LogP contribution in [-0.4, -0.2) is 35.3 Å². The average Bonchev–Trinajstić information content (AvgIpc) is 2.94. The molecule has 1 unspecified atom stereocenters. The maximum Gasteiger partial charge on any atom is 0.335 e. The first kappa shape index (κ1) is 31.8. The molecule has 1 aromatic carbocycles. The number of carbonyl (C=O) groups is 1. The molecule has 0 amide bonds. The summed E-state index contributed by atoms with van der Waals surface area (Å²) in [5, 5.41) is 11.1. The number of allylic oxidation sites excluding steroid dienone is 3. The second kappa shape index (κ2) is 14.1. The van der Waals surface area contributed by atoms with Gasteiger partial charge in [0.2, 0.25) is 0 Å². The lowest BCUT2D eigenvalue weighted by Crippen LogP contribution is -2.42. The summed E-state index contributed by atoms with van der Waals surface area (Å²) in [6.07, 6.45) is 8.31. The first-order chi connectivity index (χ1) is 18.6. The number of methoxy groups -OCH3 is 2. The Hall–Kier alpha value is -3.38. The van der Waals surface area contributed by atoms with Gasteiger partial charge in [0.25, 0.3) is 11.6 Å². The molecule has 1 aromatic heterocycles. The zero-order valence-corrected chi connectivity index (χ0v) is 24.0. The molecule has 1 atom stereocenters. The third-order valence-corrected chi connectivity index (χ3v) is 5.92. The van der Waals surface area contributed by atoms with Gasteiger partial charge < -0.3 is 14.4 Å². The Morgan fingerprint density at radius 3 is 2.59 bits per heavy atom. The van der Waals surface area contributed by atoms with Crippen molar-refractivity contribution in [1.82, 2.24) is 14.0 Å². The van der Waals surface area contributed by atoms with E-state index in [0.717, 1.165) is 12.1 Å². The molecule has 0 fully saturated rings. The zero-order chi connectivity index (χ0) is 29.3. The second-order valence-corrected chi connectivity index (χ2v) is 8.81. The number of halogens is 3. The fraction of sp³-hybridized carbons (Fsp3) is 0.259. The number of anilines is 1. The molecule has 2 aromatic rings. The number of rotatable bonds is 9. The maximum absolute atomic E-state index is 15.7. The van der Waals surface area contributed by atoms with Crippen molar-refractivity contribution >= 4 is 47.3 Å². The lowest BCUT2D eigenvalue weighted by Gasteiger charge is -2.26. The molecule has 39 heavy (non-hydrogen) atoms. The molecular weight excluding hydrogens is 550 g/mol. The van der Waals surface area contributed by atoms with Crippen LogP contribution in [0.3, 0.4) is 0 Å². The average molecular weight is 582 g/mol. The SMILES string of the molecule is C=CN1C=C(c2c(F)ccc(N[N+](O)(S)c3cc(Cl)cnc3OC)c2F)C=C/C1=C(/CCC)C(=O)OC.CC. The highest BCUT2D eigenvalue weighted by Gasteiger charge is 2.34. The highest BCUT2D eigenvalue weighted by atomic mass is 35.5. The number of quaternary nitrogens is 1. The highest BCUT2D eigenvalue weighted by molar-refractivity contribution is 7.79. The van der Waals surface area contributed by atoms with Gasteiger partial charge >= 0.3 is 5.97 Å². The van der Waals surface area contributed by atoms with Gasteiger partial charge in [-0.25, -0.2) is 18.6 Å². The fourth-order valence-corrected chi connectivity index (χ4v) is 4.11. The molecule has 1 aliphatic rings. The van der Waals surface area contributed by atoms with Gasteiger partial charge in [-0.2, -0.15) is 10.6 Å². The van der Waals surface area contributed by atoms with E-state index in [1.54, 1.807) is 6.08 Å². The van der Waals surface area contributed by atoms with Gasteiger partial charge in [-0.1, -0.05) is 51.4 Å². The van der Waals surface area contributed by atoms with Crippen molar-refractivity contribution in [2.45, 2.75) is 33.6 Å². The number of nitrogens with zero attached hydrogens (tertiary/aromatic N) is 3. The van der Waals surface area contributed by atoms with Crippen LogP contribution in [0, 0.1) is 11.6 Å². The highest BCUT2D eigenvalue weighted by Crippen LogP contribution is 2.37. The van der Waals surface area contributed by atoms with Gasteiger partial charge in [0.1, 0.15) is 24.3 Å². The van der Waals surface area contributed by atoms with Crippen LogP contribution in [0.1, 0.15) is 39.2 Å². The Balaban J connectivity index is 0.00000260. The van der Waals surface area contributed by atoms with Crippen LogP contribution in [-0.2, 0) is 9.53 Å². The van der Waals surface area contributed by atoms with Crippen LogP contribution >= 0.6 is 24.4 Å². The molecule has 3 rings (SSSR count). The smallest absolute Gasteiger partial charge is 0.335 e. The van der Waals surface area contributed by atoms with Gasteiger partial charge in [0.05, 0.1) is 36.1 Å². The van der Waals surface area contributed by atoms with Crippen LogP contribution < -0.4 is 14.3 Å². The molecule has 0 saturated carbocycles. The minimum Gasteiger partial charge on any atom is -0.477 e. The van der Waals surface area contributed by atoms with E-state index < -0.39 is 21.8 Å². The Labute approximate surface area is 237 Å². The van der Waals surface area contributed by atoms with Crippen molar-refractivity contribution in [2.24, 2.45) is 0 Å². The topological polar surface area (TPSA) is 83.9 Å². The minimum atomic E-state index is -1.40. The van der Waals surface area contributed by atoms with Gasteiger partial charge in [0, 0.05) is 34.4 Å². The number of thiol groups is 1. The maximum atomic E-state index is 15.7. The number of hydrogen-bond acceptors (Lipinski definition) is 8. The van der Waals surface area contributed by atoms with Gasteiger partial charge in [-0.3, -0.25) is 0 Å². The van der Waals surface area contributed by atoms with E-state index in [4.69, 9.17) is 21.1 Å². The number of pyridine rings is 1. The molecule has 1 aliphatic heterocycles. The lowest BCUT2D eigenvalue weighted by molar-refractivity contribution is -0.136. The van der Waals surface area contributed by atoms with Crippen molar-refractivity contribution in [1.29, 1.82) is 0 Å².